The molecule has 0 N–H and O–H groups in total. The van der Waals surface area contributed by atoms with Gasteiger partial charge in [0.2, 0.25) is 0 Å². The van der Waals surface area contributed by atoms with E-state index in [0.29, 0.717) is 0 Å². The molecule has 0 aliphatic heterocycles. The fourth-order valence-corrected chi connectivity index (χ4v) is 6.59. The van der Waals surface area contributed by atoms with Crippen LogP contribution in [0, 0.1) is 0 Å². The average Bonchev–Trinajstić information content (AvgIpc) is 3.13. The van der Waals surface area contributed by atoms with E-state index in [0.717, 1.165) is 34.1 Å². The normalized spacial score (nSPS) is 11.7. The number of hydrogen-bond donors (Lipinski definition) is 0. The summed E-state index contributed by atoms with van der Waals surface area (Å²) in [5.74, 6) is 0. The van der Waals surface area contributed by atoms with Crippen LogP contribution >= 0.6 is 0 Å². The minimum Gasteiger partial charge on any atom is -0.311 e. The van der Waals surface area contributed by atoms with Gasteiger partial charge in [-0.15, -0.1) is 0 Å². The van der Waals surface area contributed by atoms with E-state index in [4.69, 9.17) is 0 Å². The second kappa shape index (κ2) is 14.6. The van der Waals surface area contributed by atoms with Crippen LogP contribution in [0.1, 0.15) is 71.9 Å². The SMILES string of the molecule is CCCCC(C)(C)c1ccc(N(c2ccccc2)c2ccc(-c3ccc(N(c4ccccc4)c4ccc(C(C)(C)C)cc4)cc3)cc2)cc1. The van der Waals surface area contributed by atoms with Crippen LogP contribution < -0.4 is 9.80 Å². The number of rotatable bonds is 11. The maximum atomic E-state index is 2.36. The molecule has 0 bridgehead atoms. The van der Waals surface area contributed by atoms with Gasteiger partial charge in [0, 0.05) is 34.1 Å². The second-order valence-electron chi connectivity index (χ2n) is 14.8. The smallest absolute Gasteiger partial charge is 0.0462 e. The Kier molecular flexibility index (Phi) is 10.1. The summed E-state index contributed by atoms with van der Waals surface area (Å²) < 4.78 is 0. The highest BCUT2D eigenvalue weighted by Gasteiger charge is 2.21. The zero-order valence-corrected chi connectivity index (χ0v) is 30.0. The van der Waals surface area contributed by atoms with Crippen LogP contribution in [0.3, 0.4) is 0 Å². The summed E-state index contributed by atoms with van der Waals surface area (Å²) >= 11 is 0. The van der Waals surface area contributed by atoms with E-state index in [1.807, 2.05) is 0 Å². The topological polar surface area (TPSA) is 6.48 Å². The Morgan fingerprint density at radius 1 is 0.388 bits per heavy atom. The third-order valence-electron chi connectivity index (χ3n) is 9.67. The summed E-state index contributed by atoms with van der Waals surface area (Å²) in [7, 11) is 0. The summed E-state index contributed by atoms with van der Waals surface area (Å²) in [6.45, 7) is 13.8. The molecule has 0 aliphatic carbocycles. The van der Waals surface area contributed by atoms with E-state index in [-0.39, 0.29) is 10.8 Å². The number of nitrogens with zero attached hydrogens (tertiary/aromatic N) is 2. The second-order valence-corrected chi connectivity index (χ2v) is 14.8. The van der Waals surface area contributed by atoms with Gasteiger partial charge in [-0.3, -0.25) is 0 Å². The summed E-state index contributed by atoms with van der Waals surface area (Å²) in [6.07, 6.45) is 3.67. The lowest BCUT2D eigenvalue weighted by molar-refractivity contribution is 0.458. The van der Waals surface area contributed by atoms with Crippen molar-refractivity contribution in [3.05, 3.63) is 169 Å². The van der Waals surface area contributed by atoms with Gasteiger partial charge in [0.05, 0.1) is 0 Å². The van der Waals surface area contributed by atoms with Gasteiger partial charge < -0.3 is 9.80 Å². The Labute approximate surface area is 294 Å². The van der Waals surface area contributed by atoms with Crippen molar-refractivity contribution in [2.24, 2.45) is 0 Å². The van der Waals surface area contributed by atoms with Crippen molar-refractivity contribution in [3.8, 4) is 11.1 Å². The largest absolute Gasteiger partial charge is 0.311 e. The lowest BCUT2D eigenvalue weighted by Crippen LogP contribution is -2.17. The van der Waals surface area contributed by atoms with Crippen LogP contribution in [-0.4, -0.2) is 0 Å². The molecule has 6 aromatic carbocycles. The number of para-hydroxylation sites is 2. The molecule has 2 nitrogen and oxygen atoms in total. The van der Waals surface area contributed by atoms with E-state index in [2.05, 4.69) is 209 Å². The fraction of sp³-hybridized carbons (Fsp3) is 0.234. The molecule has 2 heteroatoms. The van der Waals surface area contributed by atoms with Crippen LogP contribution in [0.15, 0.2) is 158 Å². The number of hydrogen-bond acceptors (Lipinski definition) is 2. The molecule has 0 amide bonds. The van der Waals surface area contributed by atoms with Crippen LogP contribution in [-0.2, 0) is 10.8 Å². The first-order chi connectivity index (χ1) is 23.6. The van der Waals surface area contributed by atoms with Gasteiger partial charge in [0.15, 0.2) is 0 Å². The van der Waals surface area contributed by atoms with Gasteiger partial charge in [-0.1, -0.05) is 139 Å². The molecule has 0 aromatic heterocycles. The van der Waals surface area contributed by atoms with E-state index in [9.17, 15) is 0 Å². The average molecular weight is 643 g/mol. The number of anilines is 6. The Morgan fingerprint density at radius 3 is 1.06 bits per heavy atom. The van der Waals surface area contributed by atoms with Crippen molar-refractivity contribution in [2.45, 2.75) is 71.6 Å². The Morgan fingerprint density at radius 2 is 0.714 bits per heavy atom. The van der Waals surface area contributed by atoms with Crippen molar-refractivity contribution in [1.29, 1.82) is 0 Å². The first-order valence-electron chi connectivity index (χ1n) is 17.8. The van der Waals surface area contributed by atoms with E-state index < -0.39 is 0 Å². The molecule has 6 aromatic rings. The molecule has 0 saturated heterocycles. The standard InChI is InChI=1S/C47H50N2/c1-7-8-35-47(5,6)39-25-33-45(34-26-39)49(41-17-13-10-14-18-41)43-29-21-37(22-30-43)36-19-27-42(28-20-36)48(40-15-11-9-12-16-40)44-31-23-38(24-32-44)46(2,3)4/h9-34H,7-8,35H2,1-6H3. The van der Waals surface area contributed by atoms with Crippen LogP contribution in [0.5, 0.6) is 0 Å². The van der Waals surface area contributed by atoms with Crippen molar-refractivity contribution in [3.63, 3.8) is 0 Å². The molecule has 0 fully saturated rings. The molecular weight excluding hydrogens is 593 g/mol. The maximum absolute atomic E-state index is 2.36. The van der Waals surface area contributed by atoms with E-state index in [1.54, 1.807) is 0 Å². The minimum absolute atomic E-state index is 0.112. The monoisotopic (exact) mass is 642 g/mol. The highest BCUT2D eigenvalue weighted by molar-refractivity contribution is 5.80. The van der Waals surface area contributed by atoms with Crippen LogP contribution in [0.4, 0.5) is 34.1 Å². The highest BCUT2D eigenvalue weighted by atomic mass is 15.1. The Balaban J connectivity index is 1.28. The molecule has 0 aliphatic rings. The third-order valence-corrected chi connectivity index (χ3v) is 9.67. The molecular formula is C47H50N2. The van der Waals surface area contributed by atoms with Crippen LogP contribution in [0.25, 0.3) is 11.1 Å². The molecule has 49 heavy (non-hydrogen) atoms. The zero-order valence-electron chi connectivity index (χ0n) is 30.0. The highest BCUT2D eigenvalue weighted by Crippen LogP contribution is 2.39. The van der Waals surface area contributed by atoms with Gasteiger partial charge in [0.1, 0.15) is 0 Å². The third kappa shape index (κ3) is 7.81. The molecule has 6 rings (SSSR count). The molecule has 0 radical (unpaired) electrons. The zero-order chi connectivity index (χ0) is 34.4. The molecule has 248 valence electrons. The van der Waals surface area contributed by atoms with E-state index >= 15 is 0 Å². The molecule has 0 spiro atoms. The fourth-order valence-electron chi connectivity index (χ4n) is 6.59. The van der Waals surface area contributed by atoms with Crippen molar-refractivity contribution in [1.82, 2.24) is 0 Å². The number of unbranched alkanes of at least 4 members (excludes halogenated alkanes) is 1. The Bertz CT molecular complexity index is 1900. The van der Waals surface area contributed by atoms with Gasteiger partial charge in [0.25, 0.3) is 0 Å². The Hall–Kier alpha value is -5.08. The number of benzene rings is 6. The maximum Gasteiger partial charge on any atom is 0.0462 e. The van der Waals surface area contributed by atoms with E-state index in [1.165, 1.54) is 41.5 Å². The molecule has 0 atom stereocenters. The van der Waals surface area contributed by atoms with Gasteiger partial charge in [-0.25, -0.2) is 0 Å². The lowest BCUT2D eigenvalue weighted by atomic mass is 9.80. The first-order valence-corrected chi connectivity index (χ1v) is 17.8. The van der Waals surface area contributed by atoms with Crippen molar-refractivity contribution >= 4 is 34.1 Å². The summed E-state index contributed by atoms with van der Waals surface area (Å²) in [6, 6.07) is 57.3. The quantitative estimate of drug-likeness (QED) is 0.139. The van der Waals surface area contributed by atoms with Gasteiger partial charge in [-0.05, 0) is 112 Å². The summed E-state index contributed by atoms with van der Waals surface area (Å²) in [5, 5.41) is 0. The predicted octanol–water partition coefficient (Wildman–Crippen LogP) is 14.1. The minimum atomic E-state index is 0.112. The summed E-state index contributed by atoms with van der Waals surface area (Å²) in [5.41, 5.74) is 12.3. The molecule has 0 saturated carbocycles. The predicted molar refractivity (Wildman–Crippen MR) is 212 cm³/mol. The first kappa shape index (κ1) is 33.8. The lowest BCUT2D eigenvalue weighted by Gasteiger charge is -2.28. The van der Waals surface area contributed by atoms with Crippen LogP contribution in [0.2, 0.25) is 0 Å². The van der Waals surface area contributed by atoms with Gasteiger partial charge >= 0.3 is 0 Å². The van der Waals surface area contributed by atoms with Crippen molar-refractivity contribution in [2.75, 3.05) is 9.80 Å². The molecule has 0 unspecified atom stereocenters. The van der Waals surface area contributed by atoms with Crippen molar-refractivity contribution < 1.29 is 0 Å². The summed E-state index contributed by atoms with van der Waals surface area (Å²) in [4.78, 5) is 4.67. The molecule has 0 heterocycles. The van der Waals surface area contributed by atoms with Gasteiger partial charge in [-0.2, -0.15) is 0 Å².